The molecule has 2 aromatic rings. The molecule has 5 nitrogen and oxygen atoms in total. The average molecular weight is 421 g/mol. The lowest BCUT2D eigenvalue weighted by molar-refractivity contribution is 0.171. The van der Waals surface area contributed by atoms with Gasteiger partial charge in [0.2, 0.25) is 0 Å². The Balaban J connectivity index is 1.09. The van der Waals surface area contributed by atoms with Crippen LogP contribution >= 0.6 is 0 Å². The Labute approximate surface area is 186 Å². The van der Waals surface area contributed by atoms with Gasteiger partial charge in [-0.25, -0.2) is 4.79 Å². The maximum Gasteiger partial charge on any atom is 0.315 e. The molecule has 0 radical (unpaired) electrons. The number of hydrogen-bond acceptors (Lipinski definition) is 3. The van der Waals surface area contributed by atoms with Crippen molar-refractivity contribution in [3.63, 3.8) is 0 Å². The van der Waals surface area contributed by atoms with Crippen molar-refractivity contribution in [3.8, 4) is 0 Å². The van der Waals surface area contributed by atoms with Crippen LogP contribution in [0, 0.1) is 5.92 Å². The second-order valence-electron chi connectivity index (χ2n) is 9.10. The summed E-state index contributed by atoms with van der Waals surface area (Å²) in [5, 5.41) is 6.33. The van der Waals surface area contributed by atoms with Crippen LogP contribution in [0.3, 0.4) is 0 Å². The summed E-state index contributed by atoms with van der Waals surface area (Å²) in [5.41, 5.74) is 2.75. The third-order valence-electron chi connectivity index (χ3n) is 6.68. The topological polar surface area (TPSA) is 47.6 Å². The Bertz CT molecular complexity index is 782. The summed E-state index contributed by atoms with van der Waals surface area (Å²) in [6.45, 7) is 7.13. The molecule has 31 heavy (non-hydrogen) atoms. The third-order valence-corrected chi connectivity index (χ3v) is 6.68. The van der Waals surface area contributed by atoms with E-state index in [0.717, 1.165) is 71.5 Å². The van der Waals surface area contributed by atoms with Crippen LogP contribution in [0.1, 0.15) is 36.8 Å². The zero-order valence-electron chi connectivity index (χ0n) is 18.5. The molecule has 0 unspecified atom stereocenters. The number of piperidine rings is 2. The number of amides is 2. The first-order chi connectivity index (χ1) is 15.2. The van der Waals surface area contributed by atoms with Crippen molar-refractivity contribution in [2.24, 2.45) is 5.92 Å². The van der Waals surface area contributed by atoms with E-state index in [1.165, 1.54) is 11.1 Å². The highest BCUT2D eigenvalue weighted by Crippen LogP contribution is 2.18. The first-order valence-electron chi connectivity index (χ1n) is 11.8. The SMILES string of the molecule is O=C(NCC1CCN(Cc2ccccc2)CC1)NC1CCN(Cc2ccccc2)CC1. The maximum absolute atomic E-state index is 12.4. The number of urea groups is 1. The van der Waals surface area contributed by atoms with E-state index in [9.17, 15) is 4.79 Å². The molecule has 5 heteroatoms. The molecule has 0 aliphatic carbocycles. The standard InChI is InChI=1S/C26H36N4O/c31-26(28-25-13-17-30(18-14-25)21-24-9-5-2-6-10-24)27-19-22-11-15-29(16-12-22)20-23-7-3-1-4-8-23/h1-10,22,25H,11-21H2,(H2,27,28,31). The van der Waals surface area contributed by atoms with Gasteiger partial charge < -0.3 is 10.6 Å². The van der Waals surface area contributed by atoms with Crippen molar-refractivity contribution in [1.82, 2.24) is 20.4 Å². The smallest absolute Gasteiger partial charge is 0.315 e. The van der Waals surface area contributed by atoms with Crippen LogP contribution in [0.5, 0.6) is 0 Å². The number of rotatable bonds is 7. The van der Waals surface area contributed by atoms with Gasteiger partial charge in [0.15, 0.2) is 0 Å². The van der Waals surface area contributed by atoms with Gasteiger partial charge in [0.1, 0.15) is 0 Å². The molecular formula is C26H36N4O. The van der Waals surface area contributed by atoms with Crippen LogP contribution in [-0.4, -0.2) is 54.6 Å². The van der Waals surface area contributed by atoms with E-state index < -0.39 is 0 Å². The molecule has 2 aromatic carbocycles. The van der Waals surface area contributed by atoms with Crippen LogP contribution in [0.2, 0.25) is 0 Å². The maximum atomic E-state index is 12.4. The van der Waals surface area contributed by atoms with E-state index in [2.05, 4.69) is 81.1 Å². The predicted molar refractivity (Wildman–Crippen MR) is 126 cm³/mol. The van der Waals surface area contributed by atoms with E-state index in [0.29, 0.717) is 12.0 Å². The molecule has 2 aliphatic heterocycles. The third kappa shape index (κ3) is 7.08. The van der Waals surface area contributed by atoms with E-state index >= 15 is 0 Å². The molecule has 2 N–H and O–H groups in total. The summed E-state index contributed by atoms with van der Waals surface area (Å²) in [4.78, 5) is 17.4. The Morgan fingerprint density at radius 3 is 1.74 bits per heavy atom. The number of likely N-dealkylation sites (tertiary alicyclic amines) is 2. The minimum Gasteiger partial charge on any atom is -0.338 e. The largest absolute Gasteiger partial charge is 0.338 e. The molecule has 0 aromatic heterocycles. The van der Waals surface area contributed by atoms with Gasteiger partial charge in [0.25, 0.3) is 0 Å². The molecule has 2 aliphatic rings. The van der Waals surface area contributed by atoms with Crippen molar-refractivity contribution in [2.45, 2.75) is 44.8 Å². The van der Waals surface area contributed by atoms with Gasteiger partial charge in [-0.3, -0.25) is 9.80 Å². The molecular weight excluding hydrogens is 384 g/mol. The van der Waals surface area contributed by atoms with Gasteiger partial charge in [-0.15, -0.1) is 0 Å². The summed E-state index contributed by atoms with van der Waals surface area (Å²) in [6, 6.07) is 21.6. The van der Waals surface area contributed by atoms with Crippen LogP contribution in [0.4, 0.5) is 4.79 Å². The lowest BCUT2D eigenvalue weighted by atomic mass is 9.96. The molecule has 4 rings (SSSR count). The van der Waals surface area contributed by atoms with Crippen LogP contribution in [0.15, 0.2) is 60.7 Å². The molecule has 2 saturated heterocycles. The van der Waals surface area contributed by atoms with Gasteiger partial charge in [0, 0.05) is 38.8 Å². The summed E-state index contributed by atoms with van der Waals surface area (Å²) in [7, 11) is 0. The zero-order chi connectivity index (χ0) is 21.3. The molecule has 2 fully saturated rings. The quantitative estimate of drug-likeness (QED) is 0.715. The first kappa shape index (κ1) is 21.8. The Morgan fingerprint density at radius 2 is 1.23 bits per heavy atom. The van der Waals surface area contributed by atoms with Crippen LogP contribution < -0.4 is 10.6 Å². The molecule has 166 valence electrons. The first-order valence-corrected chi connectivity index (χ1v) is 11.8. The molecule has 0 spiro atoms. The highest BCUT2D eigenvalue weighted by atomic mass is 16.2. The lowest BCUT2D eigenvalue weighted by Gasteiger charge is -2.33. The van der Waals surface area contributed by atoms with Crippen molar-refractivity contribution < 1.29 is 4.79 Å². The zero-order valence-corrected chi connectivity index (χ0v) is 18.5. The summed E-state index contributed by atoms with van der Waals surface area (Å²) >= 11 is 0. The number of hydrogen-bond donors (Lipinski definition) is 2. The van der Waals surface area contributed by atoms with Gasteiger partial charge in [-0.05, 0) is 55.8 Å². The van der Waals surface area contributed by atoms with E-state index in [1.807, 2.05) is 0 Å². The second kappa shape index (κ2) is 11.3. The van der Waals surface area contributed by atoms with Gasteiger partial charge in [-0.2, -0.15) is 0 Å². The normalized spacial score (nSPS) is 19.2. The Morgan fingerprint density at radius 1 is 0.742 bits per heavy atom. The van der Waals surface area contributed by atoms with Crippen molar-refractivity contribution in [3.05, 3.63) is 71.8 Å². The summed E-state index contributed by atoms with van der Waals surface area (Å²) in [6.07, 6.45) is 4.37. The predicted octanol–water partition coefficient (Wildman–Crippen LogP) is 3.86. The van der Waals surface area contributed by atoms with Gasteiger partial charge in [0.05, 0.1) is 0 Å². The van der Waals surface area contributed by atoms with Gasteiger partial charge >= 0.3 is 6.03 Å². The minimum atomic E-state index is 0.00762. The summed E-state index contributed by atoms with van der Waals surface area (Å²) in [5.74, 6) is 0.588. The van der Waals surface area contributed by atoms with Crippen LogP contribution in [0.25, 0.3) is 0 Å². The monoisotopic (exact) mass is 420 g/mol. The average Bonchev–Trinajstić information content (AvgIpc) is 2.81. The highest BCUT2D eigenvalue weighted by molar-refractivity contribution is 5.74. The van der Waals surface area contributed by atoms with E-state index in [-0.39, 0.29) is 6.03 Å². The molecule has 0 bridgehead atoms. The van der Waals surface area contributed by atoms with Crippen molar-refractivity contribution in [1.29, 1.82) is 0 Å². The number of carbonyl (C=O) groups excluding carboxylic acids is 1. The van der Waals surface area contributed by atoms with E-state index in [1.54, 1.807) is 0 Å². The van der Waals surface area contributed by atoms with E-state index in [4.69, 9.17) is 0 Å². The lowest BCUT2D eigenvalue weighted by Crippen LogP contribution is -2.49. The number of nitrogens with zero attached hydrogens (tertiary/aromatic N) is 2. The highest BCUT2D eigenvalue weighted by Gasteiger charge is 2.22. The molecule has 0 saturated carbocycles. The Kier molecular flexibility index (Phi) is 7.97. The van der Waals surface area contributed by atoms with Crippen molar-refractivity contribution in [2.75, 3.05) is 32.7 Å². The number of nitrogens with one attached hydrogen (secondary N) is 2. The fourth-order valence-electron chi connectivity index (χ4n) is 4.74. The molecule has 2 amide bonds. The fraction of sp³-hybridized carbons (Fsp3) is 0.500. The Hall–Kier alpha value is -2.37. The second-order valence-corrected chi connectivity index (χ2v) is 9.10. The molecule has 0 atom stereocenters. The molecule has 2 heterocycles. The minimum absolute atomic E-state index is 0.00762. The fourth-order valence-corrected chi connectivity index (χ4v) is 4.74. The van der Waals surface area contributed by atoms with Crippen LogP contribution in [-0.2, 0) is 13.1 Å². The number of benzene rings is 2. The van der Waals surface area contributed by atoms with Crippen molar-refractivity contribution >= 4 is 6.03 Å². The van der Waals surface area contributed by atoms with Gasteiger partial charge in [-0.1, -0.05) is 60.7 Å². The number of carbonyl (C=O) groups is 1. The summed E-state index contributed by atoms with van der Waals surface area (Å²) < 4.78 is 0.